The fourth-order valence-corrected chi connectivity index (χ4v) is 3.09. The van der Waals surface area contributed by atoms with Crippen LogP contribution in [0.25, 0.3) is 0 Å². The van der Waals surface area contributed by atoms with E-state index in [4.69, 9.17) is 14.2 Å². The average Bonchev–Trinajstić information content (AvgIpc) is 2.62. The number of benzene rings is 1. The van der Waals surface area contributed by atoms with Crippen molar-refractivity contribution in [2.24, 2.45) is 0 Å². The van der Waals surface area contributed by atoms with E-state index < -0.39 is 10.0 Å². The summed E-state index contributed by atoms with van der Waals surface area (Å²) in [6, 6.07) is 3.21. The number of ether oxygens (including phenoxy) is 3. The second-order valence-electron chi connectivity index (χ2n) is 5.21. The molecule has 0 heterocycles. The molecule has 0 radical (unpaired) electrons. The predicted molar refractivity (Wildman–Crippen MR) is 95.1 cm³/mol. The molecule has 0 aromatic heterocycles. The lowest BCUT2D eigenvalue weighted by Crippen LogP contribution is -2.32. The Balaban J connectivity index is 2.73. The molecule has 0 aliphatic rings. The van der Waals surface area contributed by atoms with Crippen LogP contribution in [0.4, 0.5) is 0 Å². The van der Waals surface area contributed by atoms with E-state index in [2.05, 4.69) is 5.32 Å². The summed E-state index contributed by atoms with van der Waals surface area (Å²) in [6.07, 6.45) is 0.497. The SMILES string of the molecule is CCS(=O)(=O)N(C)CCCNC(=O)c1ccc(OC)c(OC)c1OC. The van der Waals surface area contributed by atoms with Crippen molar-refractivity contribution in [3.63, 3.8) is 0 Å². The first kappa shape index (κ1) is 21.0. The van der Waals surface area contributed by atoms with Crippen LogP contribution >= 0.6 is 0 Å². The van der Waals surface area contributed by atoms with Gasteiger partial charge in [0, 0.05) is 20.1 Å². The molecule has 0 atom stereocenters. The summed E-state index contributed by atoms with van der Waals surface area (Å²) < 4.78 is 40.3. The van der Waals surface area contributed by atoms with Gasteiger partial charge in [-0.2, -0.15) is 0 Å². The Bertz CT molecular complexity index is 690. The number of methoxy groups -OCH3 is 3. The van der Waals surface area contributed by atoms with Crippen LogP contribution in [0, 0.1) is 0 Å². The average molecular weight is 374 g/mol. The molecule has 1 N–H and O–H groups in total. The maximum Gasteiger partial charge on any atom is 0.255 e. The molecular weight excluding hydrogens is 348 g/mol. The summed E-state index contributed by atoms with van der Waals surface area (Å²) in [5.41, 5.74) is 0.315. The molecule has 1 aromatic carbocycles. The van der Waals surface area contributed by atoms with Crippen molar-refractivity contribution in [2.45, 2.75) is 13.3 Å². The van der Waals surface area contributed by atoms with E-state index in [1.165, 1.54) is 32.7 Å². The summed E-state index contributed by atoms with van der Waals surface area (Å²) in [5, 5.41) is 2.75. The molecule has 0 spiro atoms. The zero-order valence-electron chi connectivity index (χ0n) is 15.3. The Morgan fingerprint density at radius 1 is 1.12 bits per heavy atom. The van der Waals surface area contributed by atoms with Crippen molar-refractivity contribution in [1.29, 1.82) is 0 Å². The van der Waals surface area contributed by atoms with Gasteiger partial charge < -0.3 is 19.5 Å². The van der Waals surface area contributed by atoms with Crippen molar-refractivity contribution >= 4 is 15.9 Å². The van der Waals surface area contributed by atoms with E-state index in [1.807, 2.05) is 0 Å². The lowest BCUT2D eigenvalue weighted by Gasteiger charge is -2.17. The van der Waals surface area contributed by atoms with Crippen LogP contribution in [0.15, 0.2) is 12.1 Å². The molecule has 0 aliphatic carbocycles. The van der Waals surface area contributed by atoms with E-state index in [0.717, 1.165) is 0 Å². The topological polar surface area (TPSA) is 94.2 Å². The second-order valence-corrected chi connectivity index (χ2v) is 7.58. The molecule has 142 valence electrons. The van der Waals surface area contributed by atoms with E-state index in [1.54, 1.807) is 19.1 Å². The molecule has 1 aromatic rings. The van der Waals surface area contributed by atoms with Crippen LogP contribution in [0.5, 0.6) is 17.2 Å². The number of carbonyl (C=O) groups excluding carboxylic acids is 1. The smallest absolute Gasteiger partial charge is 0.255 e. The van der Waals surface area contributed by atoms with Gasteiger partial charge in [0.15, 0.2) is 11.5 Å². The van der Waals surface area contributed by atoms with Gasteiger partial charge in [0.25, 0.3) is 5.91 Å². The first-order valence-electron chi connectivity index (χ1n) is 7.83. The third-order valence-electron chi connectivity index (χ3n) is 3.72. The summed E-state index contributed by atoms with van der Waals surface area (Å²) in [4.78, 5) is 12.4. The number of rotatable bonds is 10. The van der Waals surface area contributed by atoms with Gasteiger partial charge in [0.1, 0.15) is 0 Å². The van der Waals surface area contributed by atoms with Gasteiger partial charge in [-0.1, -0.05) is 0 Å². The van der Waals surface area contributed by atoms with Crippen molar-refractivity contribution in [1.82, 2.24) is 9.62 Å². The fraction of sp³-hybridized carbons (Fsp3) is 0.562. The van der Waals surface area contributed by atoms with Crippen molar-refractivity contribution < 1.29 is 27.4 Å². The molecule has 1 amide bonds. The zero-order chi connectivity index (χ0) is 19.0. The summed E-state index contributed by atoms with van der Waals surface area (Å²) in [7, 11) is 2.72. The Kier molecular flexibility index (Phi) is 7.98. The van der Waals surface area contributed by atoms with Gasteiger partial charge in [0.2, 0.25) is 15.8 Å². The lowest BCUT2D eigenvalue weighted by molar-refractivity contribution is 0.0949. The Hall–Kier alpha value is -2.00. The van der Waals surface area contributed by atoms with Crippen LogP contribution in [0.2, 0.25) is 0 Å². The molecule has 0 bridgehead atoms. The highest BCUT2D eigenvalue weighted by atomic mass is 32.2. The Labute approximate surface area is 149 Å². The van der Waals surface area contributed by atoms with Gasteiger partial charge in [-0.05, 0) is 25.5 Å². The van der Waals surface area contributed by atoms with Crippen LogP contribution in [-0.4, -0.2) is 65.8 Å². The van der Waals surface area contributed by atoms with Gasteiger partial charge in [0.05, 0.1) is 32.6 Å². The molecule has 1 rings (SSSR count). The van der Waals surface area contributed by atoms with Gasteiger partial charge in [-0.3, -0.25) is 4.79 Å². The second kappa shape index (κ2) is 9.47. The van der Waals surface area contributed by atoms with E-state index in [-0.39, 0.29) is 17.4 Å². The number of hydrogen-bond acceptors (Lipinski definition) is 6. The molecule has 9 heteroatoms. The third-order valence-corrected chi connectivity index (χ3v) is 5.59. The zero-order valence-corrected chi connectivity index (χ0v) is 16.1. The van der Waals surface area contributed by atoms with Gasteiger partial charge in [-0.15, -0.1) is 0 Å². The fourth-order valence-electron chi connectivity index (χ4n) is 2.24. The highest BCUT2D eigenvalue weighted by Gasteiger charge is 2.20. The van der Waals surface area contributed by atoms with Crippen molar-refractivity contribution in [3.8, 4) is 17.2 Å². The van der Waals surface area contributed by atoms with Crippen molar-refractivity contribution in [3.05, 3.63) is 17.7 Å². The van der Waals surface area contributed by atoms with E-state index in [9.17, 15) is 13.2 Å². The van der Waals surface area contributed by atoms with E-state index >= 15 is 0 Å². The maximum absolute atomic E-state index is 12.4. The van der Waals surface area contributed by atoms with Crippen LogP contribution in [-0.2, 0) is 10.0 Å². The van der Waals surface area contributed by atoms with Crippen LogP contribution < -0.4 is 19.5 Å². The predicted octanol–water partition coefficient (Wildman–Crippen LogP) is 1.11. The summed E-state index contributed by atoms with van der Waals surface area (Å²) in [5.74, 6) is 0.802. The first-order valence-corrected chi connectivity index (χ1v) is 9.44. The monoisotopic (exact) mass is 374 g/mol. The Morgan fingerprint density at radius 2 is 1.76 bits per heavy atom. The maximum atomic E-state index is 12.4. The van der Waals surface area contributed by atoms with E-state index in [0.29, 0.717) is 36.6 Å². The van der Waals surface area contributed by atoms with Crippen molar-refractivity contribution in [2.75, 3.05) is 47.2 Å². The largest absolute Gasteiger partial charge is 0.493 e. The molecule has 0 aliphatic heterocycles. The highest BCUT2D eigenvalue weighted by Crippen LogP contribution is 2.39. The molecule has 25 heavy (non-hydrogen) atoms. The highest BCUT2D eigenvalue weighted by molar-refractivity contribution is 7.89. The molecular formula is C16H26N2O6S. The minimum atomic E-state index is -3.21. The lowest BCUT2D eigenvalue weighted by atomic mass is 10.1. The normalized spacial score (nSPS) is 11.3. The van der Waals surface area contributed by atoms with Gasteiger partial charge >= 0.3 is 0 Å². The number of hydrogen-bond donors (Lipinski definition) is 1. The standard InChI is InChI=1S/C16H26N2O6S/c1-6-25(20,21)18(2)11-7-10-17-16(19)12-8-9-13(22-3)15(24-5)14(12)23-4/h8-9H,6-7,10-11H2,1-5H3,(H,17,19). The molecule has 0 saturated heterocycles. The van der Waals surface area contributed by atoms with Crippen LogP contribution in [0.1, 0.15) is 23.7 Å². The number of nitrogens with one attached hydrogen (secondary N) is 1. The molecule has 0 saturated carbocycles. The van der Waals surface area contributed by atoms with Crippen LogP contribution in [0.3, 0.4) is 0 Å². The third kappa shape index (κ3) is 5.23. The quantitative estimate of drug-likeness (QED) is 0.617. The van der Waals surface area contributed by atoms with Gasteiger partial charge in [-0.25, -0.2) is 12.7 Å². The Morgan fingerprint density at radius 3 is 2.28 bits per heavy atom. The minimum absolute atomic E-state index is 0.0543. The number of nitrogens with zero attached hydrogens (tertiary/aromatic N) is 1. The number of sulfonamides is 1. The first-order chi connectivity index (χ1) is 11.8. The number of amides is 1. The number of carbonyl (C=O) groups is 1. The minimum Gasteiger partial charge on any atom is -0.493 e. The molecule has 8 nitrogen and oxygen atoms in total. The molecule has 0 unspecified atom stereocenters. The summed E-state index contributed by atoms with van der Waals surface area (Å²) in [6.45, 7) is 2.26. The summed E-state index contributed by atoms with van der Waals surface area (Å²) >= 11 is 0. The molecule has 0 fully saturated rings.